The summed E-state index contributed by atoms with van der Waals surface area (Å²) in [6.07, 6.45) is 0. The molecule has 0 unspecified atom stereocenters. The second kappa shape index (κ2) is 13.6. The molecule has 0 aliphatic heterocycles. The zero-order valence-electron chi connectivity index (χ0n) is 33.6. The molecule has 0 spiro atoms. The molecule has 4 nitrogen and oxygen atoms in total. The van der Waals surface area contributed by atoms with Crippen molar-refractivity contribution in [2.75, 3.05) is 0 Å². The molecule has 0 aliphatic carbocycles. The van der Waals surface area contributed by atoms with Crippen LogP contribution in [0.25, 0.3) is 121 Å². The molecule has 0 radical (unpaired) electrons. The highest BCUT2D eigenvalue weighted by atomic mass is 15.2. The molecule has 13 aromatic rings. The van der Waals surface area contributed by atoms with Crippen LogP contribution in [0.4, 0.5) is 0 Å². The van der Waals surface area contributed by atoms with Crippen LogP contribution in [-0.4, -0.2) is 19.1 Å². The fourth-order valence-electron chi connectivity index (χ4n) is 10.0. The molecule has 0 bridgehead atoms. The van der Waals surface area contributed by atoms with Crippen LogP contribution in [-0.2, 0) is 0 Å². The van der Waals surface area contributed by atoms with Crippen LogP contribution in [0.2, 0.25) is 0 Å². The maximum absolute atomic E-state index is 5.61. The Kier molecular flexibility index (Phi) is 7.57. The first-order valence-corrected chi connectivity index (χ1v) is 21.2. The van der Waals surface area contributed by atoms with Crippen molar-refractivity contribution < 1.29 is 0 Å². The normalized spacial score (nSPS) is 11.9. The lowest BCUT2D eigenvalue weighted by atomic mass is 9.93. The highest BCUT2D eigenvalue weighted by molar-refractivity contribution is 6.24. The van der Waals surface area contributed by atoms with Gasteiger partial charge in [0.1, 0.15) is 0 Å². The van der Waals surface area contributed by atoms with E-state index in [1.54, 1.807) is 0 Å². The third-order valence-electron chi connectivity index (χ3n) is 12.7. The van der Waals surface area contributed by atoms with Gasteiger partial charge in [0.25, 0.3) is 0 Å². The summed E-state index contributed by atoms with van der Waals surface area (Å²) in [5.41, 5.74) is 13.2. The average Bonchev–Trinajstić information content (AvgIpc) is 3.86. The van der Waals surface area contributed by atoms with E-state index in [0.717, 1.165) is 55.4 Å². The van der Waals surface area contributed by atoms with Gasteiger partial charge in [-0.2, -0.15) is 0 Å². The molecule has 13 rings (SSSR count). The van der Waals surface area contributed by atoms with Gasteiger partial charge in [-0.25, -0.2) is 9.97 Å². The number of hydrogen-bond donors (Lipinski definition) is 0. The standard InChI is InChI=1S/C58H36N4/c1-3-17-37(18-4-1)40-33-34-47(42-22-8-7-21-41(40)42)57-48-26-11-14-28-51(48)59-58(60-57)62-53-30-16-13-27-49(53)56-46-25-10-9-23-43(46)50(36-55(56)62)38-31-32-45-44-24-12-15-29-52(44)61(54(45)35-38)39-19-5-2-6-20-39/h1-36H. The van der Waals surface area contributed by atoms with Crippen LogP contribution in [0.1, 0.15) is 0 Å². The zero-order chi connectivity index (χ0) is 40.7. The van der Waals surface area contributed by atoms with Crippen molar-refractivity contribution in [2.24, 2.45) is 0 Å². The minimum atomic E-state index is 0.641. The van der Waals surface area contributed by atoms with Crippen LogP contribution < -0.4 is 0 Å². The van der Waals surface area contributed by atoms with Gasteiger partial charge in [-0.05, 0) is 86.3 Å². The van der Waals surface area contributed by atoms with Gasteiger partial charge in [0.2, 0.25) is 5.95 Å². The summed E-state index contributed by atoms with van der Waals surface area (Å²) in [5.74, 6) is 0.641. The minimum Gasteiger partial charge on any atom is -0.309 e. The number of hydrogen-bond acceptors (Lipinski definition) is 2. The Hall–Kier alpha value is -8.34. The Morgan fingerprint density at radius 3 is 1.60 bits per heavy atom. The number of aromatic nitrogens is 4. The van der Waals surface area contributed by atoms with Gasteiger partial charge in [0.15, 0.2) is 0 Å². The summed E-state index contributed by atoms with van der Waals surface area (Å²) in [5, 5.41) is 10.6. The Morgan fingerprint density at radius 2 is 0.839 bits per heavy atom. The van der Waals surface area contributed by atoms with Gasteiger partial charge in [-0.15, -0.1) is 0 Å². The van der Waals surface area contributed by atoms with Crippen LogP contribution in [0, 0.1) is 0 Å². The highest BCUT2D eigenvalue weighted by Gasteiger charge is 2.22. The summed E-state index contributed by atoms with van der Waals surface area (Å²) in [6, 6.07) is 78.5. The summed E-state index contributed by atoms with van der Waals surface area (Å²) in [4.78, 5) is 11.0. The van der Waals surface area contributed by atoms with E-state index in [-0.39, 0.29) is 0 Å². The van der Waals surface area contributed by atoms with Gasteiger partial charge >= 0.3 is 0 Å². The Balaban J connectivity index is 1.10. The first-order chi connectivity index (χ1) is 30.8. The van der Waals surface area contributed by atoms with E-state index >= 15 is 0 Å². The Morgan fingerprint density at radius 1 is 0.290 bits per heavy atom. The summed E-state index contributed by atoms with van der Waals surface area (Å²) in [7, 11) is 0. The van der Waals surface area contributed by atoms with Crippen molar-refractivity contribution in [3.63, 3.8) is 0 Å². The lowest BCUT2D eigenvalue weighted by molar-refractivity contribution is 1.01. The van der Waals surface area contributed by atoms with Gasteiger partial charge in [0, 0.05) is 38.2 Å². The summed E-state index contributed by atoms with van der Waals surface area (Å²) >= 11 is 0. The largest absolute Gasteiger partial charge is 0.309 e. The smallest absolute Gasteiger partial charge is 0.235 e. The second-order valence-corrected chi connectivity index (χ2v) is 16.1. The first-order valence-electron chi connectivity index (χ1n) is 21.2. The molecular formula is C58H36N4. The number of para-hydroxylation sites is 4. The number of fused-ring (bicyclic) bond motifs is 10. The molecule has 0 fully saturated rings. The number of benzene rings is 10. The van der Waals surface area contributed by atoms with Crippen molar-refractivity contribution in [3.05, 3.63) is 218 Å². The molecule has 0 saturated carbocycles. The van der Waals surface area contributed by atoms with Crippen LogP contribution in [0.3, 0.4) is 0 Å². The van der Waals surface area contributed by atoms with Crippen LogP contribution in [0.5, 0.6) is 0 Å². The van der Waals surface area contributed by atoms with Gasteiger partial charge in [-0.1, -0.05) is 176 Å². The van der Waals surface area contributed by atoms with Crippen LogP contribution >= 0.6 is 0 Å². The lowest BCUT2D eigenvalue weighted by Crippen LogP contribution is -2.04. The fraction of sp³-hybridized carbons (Fsp3) is 0. The Bertz CT molecular complexity index is 3920. The van der Waals surface area contributed by atoms with Crippen molar-refractivity contribution in [3.8, 4) is 45.1 Å². The monoisotopic (exact) mass is 788 g/mol. The van der Waals surface area contributed by atoms with Crippen molar-refractivity contribution in [1.82, 2.24) is 19.1 Å². The van der Waals surface area contributed by atoms with Gasteiger partial charge < -0.3 is 4.57 Å². The van der Waals surface area contributed by atoms with E-state index in [1.165, 1.54) is 59.9 Å². The quantitative estimate of drug-likeness (QED) is 0.174. The van der Waals surface area contributed by atoms with E-state index < -0.39 is 0 Å². The number of rotatable bonds is 5. The second-order valence-electron chi connectivity index (χ2n) is 16.1. The minimum absolute atomic E-state index is 0.641. The molecule has 0 N–H and O–H groups in total. The lowest BCUT2D eigenvalue weighted by Gasteiger charge is -2.16. The molecule has 288 valence electrons. The molecular weight excluding hydrogens is 753 g/mol. The summed E-state index contributed by atoms with van der Waals surface area (Å²) < 4.78 is 4.68. The molecule has 3 aromatic heterocycles. The SMILES string of the molecule is c1ccc(-c2ccc(-c3nc(-n4c5ccccc5c5c6ccccc6c(-c6ccc7c8ccccc8n(-c8ccccc8)c7c6)cc54)nc4ccccc34)c3ccccc23)cc1. The molecule has 3 heterocycles. The predicted octanol–water partition coefficient (Wildman–Crippen LogP) is 15.1. The van der Waals surface area contributed by atoms with Crippen molar-refractivity contribution >= 4 is 76.1 Å². The summed E-state index contributed by atoms with van der Waals surface area (Å²) in [6.45, 7) is 0. The maximum atomic E-state index is 5.61. The van der Waals surface area contributed by atoms with E-state index in [1.807, 2.05) is 0 Å². The zero-order valence-corrected chi connectivity index (χ0v) is 33.6. The molecule has 10 aromatic carbocycles. The average molecular weight is 789 g/mol. The molecule has 4 heteroatoms. The first kappa shape index (κ1) is 34.5. The van der Waals surface area contributed by atoms with E-state index in [0.29, 0.717) is 5.95 Å². The molecule has 62 heavy (non-hydrogen) atoms. The molecule has 0 amide bonds. The molecule has 0 aliphatic rings. The maximum Gasteiger partial charge on any atom is 0.235 e. The van der Waals surface area contributed by atoms with Gasteiger partial charge in [0.05, 0.1) is 33.3 Å². The van der Waals surface area contributed by atoms with Gasteiger partial charge in [-0.3, -0.25) is 4.57 Å². The van der Waals surface area contributed by atoms with E-state index in [4.69, 9.17) is 9.97 Å². The van der Waals surface area contributed by atoms with Crippen molar-refractivity contribution in [2.45, 2.75) is 0 Å². The topological polar surface area (TPSA) is 35.6 Å². The molecule has 0 atom stereocenters. The third kappa shape index (κ3) is 5.14. The van der Waals surface area contributed by atoms with Crippen LogP contribution in [0.15, 0.2) is 218 Å². The molecule has 0 saturated heterocycles. The van der Waals surface area contributed by atoms with E-state index in [9.17, 15) is 0 Å². The predicted molar refractivity (Wildman–Crippen MR) is 260 cm³/mol. The van der Waals surface area contributed by atoms with Crippen molar-refractivity contribution in [1.29, 1.82) is 0 Å². The number of nitrogens with zero attached hydrogens (tertiary/aromatic N) is 4. The van der Waals surface area contributed by atoms with E-state index in [2.05, 4.69) is 228 Å². The highest BCUT2D eigenvalue weighted by Crippen LogP contribution is 2.44. The third-order valence-corrected chi connectivity index (χ3v) is 12.7. The Labute approximate surface area is 357 Å². The fourth-order valence-corrected chi connectivity index (χ4v) is 10.0.